The quantitative estimate of drug-likeness (QED) is 0.924. The van der Waals surface area contributed by atoms with Gasteiger partial charge in [-0.25, -0.2) is 0 Å². The molecule has 0 spiro atoms. The predicted molar refractivity (Wildman–Crippen MR) is 83.6 cm³/mol. The SMILES string of the molecule is CCCNc1c2c(nc3c(C)ccc(Cl)c13)CCOC2. The van der Waals surface area contributed by atoms with Crippen LogP contribution in [0.2, 0.25) is 5.02 Å². The molecule has 1 aromatic carbocycles. The van der Waals surface area contributed by atoms with E-state index < -0.39 is 0 Å². The number of anilines is 1. The fourth-order valence-corrected chi connectivity index (χ4v) is 2.95. The van der Waals surface area contributed by atoms with Crippen LogP contribution in [0.4, 0.5) is 5.69 Å². The van der Waals surface area contributed by atoms with E-state index in [1.54, 1.807) is 0 Å². The lowest BCUT2D eigenvalue weighted by Gasteiger charge is -2.23. The van der Waals surface area contributed by atoms with Crippen LogP contribution in [0.1, 0.15) is 30.2 Å². The van der Waals surface area contributed by atoms with E-state index >= 15 is 0 Å². The Labute approximate surface area is 124 Å². The Balaban J connectivity index is 2.30. The predicted octanol–water partition coefficient (Wildman–Crippen LogP) is 4.09. The van der Waals surface area contributed by atoms with Crippen LogP contribution in [-0.2, 0) is 17.8 Å². The molecule has 0 fully saturated rings. The number of pyridine rings is 1. The molecular weight excluding hydrogens is 272 g/mol. The van der Waals surface area contributed by atoms with E-state index in [4.69, 9.17) is 21.3 Å². The standard InChI is InChI=1S/C16H19ClN2O/c1-3-7-18-16-11-9-20-8-6-13(11)19-15-10(2)4-5-12(17)14(15)16/h4-5H,3,6-9H2,1-2H3,(H,18,19). The Morgan fingerprint density at radius 2 is 2.25 bits per heavy atom. The molecule has 3 rings (SSSR count). The molecule has 0 aliphatic carbocycles. The average molecular weight is 291 g/mol. The maximum atomic E-state index is 6.43. The lowest BCUT2D eigenvalue weighted by Crippen LogP contribution is -2.16. The number of aryl methyl sites for hydroxylation is 1. The minimum atomic E-state index is 0.620. The van der Waals surface area contributed by atoms with Gasteiger partial charge in [-0.1, -0.05) is 24.6 Å². The molecule has 0 saturated carbocycles. The van der Waals surface area contributed by atoms with Gasteiger partial charge >= 0.3 is 0 Å². The summed E-state index contributed by atoms with van der Waals surface area (Å²) in [5.41, 5.74) is 5.60. The second-order valence-corrected chi connectivity index (χ2v) is 5.64. The maximum absolute atomic E-state index is 6.43. The summed E-state index contributed by atoms with van der Waals surface area (Å²) in [6, 6.07) is 3.99. The first kappa shape index (κ1) is 13.7. The van der Waals surface area contributed by atoms with Crippen LogP contribution >= 0.6 is 11.6 Å². The number of hydrogen-bond donors (Lipinski definition) is 1. The van der Waals surface area contributed by atoms with Gasteiger partial charge < -0.3 is 10.1 Å². The maximum Gasteiger partial charge on any atom is 0.0770 e. The van der Waals surface area contributed by atoms with Gasteiger partial charge in [0, 0.05) is 23.9 Å². The van der Waals surface area contributed by atoms with E-state index in [1.165, 1.54) is 11.1 Å². The summed E-state index contributed by atoms with van der Waals surface area (Å²) in [6.45, 7) is 6.54. The van der Waals surface area contributed by atoms with Crippen molar-refractivity contribution in [1.29, 1.82) is 0 Å². The Hall–Kier alpha value is -1.32. The minimum absolute atomic E-state index is 0.620. The van der Waals surface area contributed by atoms with Crippen LogP contribution in [0, 0.1) is 6.92 Å². The van der Waals surface area contributed by atoms with Crippen molar-refractivity contribution in [1.82, 2.24) is 4.98 Å². The number of halogens is 1. The first-order valence-corrected chi connectivity index (χ1v) is 7.52. The smallest absolute Gasteiger partial charge is 0.0770 e. The van der Waals surface area contributed by atoms with E-state index in [0.717, 1.165) is 53.3 Å². The average Bonchev–Trinajstić information content (AvgIpc) is 2.48. The number of nitrogens with zero attached hydrogens (tertiary/aromatic N) is 1. The lowest BCUT2D eigenvalue weighted by atomic mass is 10.0. The van der Waals surface area contributed by atoms with Crippen molar-refractivity contribution in [3.63, 3.8) is 0 Å². The van der Waals surface area contributed by atoms with Crippen LogP contribution < -0.4 is 5.32 Å². The fraction of sp³-hybridized carbons (Fsp3) is 0.438. The van der Waals surface area contributed by atoms with Crippen molar-refractivity contribution in [2.45, 2.75) is 33.3 Å². The molecule has 0 radical (unpaired) electrons. The van der Waals surface area contributed by atoms with Crippen molar-refractivity contribution in [2.75, 3.05) is 18.5 Å². The highest BCUT2D eigenvalue weighted by Gasteiger charge is 2.20. The number of ether oxygens (including phenoxy) is 1. The van der Waals surface area contributed by atoms with Gasteiger partial charge in [-0.3, -0.25) is 4.98 Å². The van der Waals surface area contributed by atoms with Crippen LogP contribution in [0.15, 0.2) is 12.1 Å². The molecule has 1 aromatic heterocycles. The summed E-state index contributed by atoms with van der Waals surface area (Å²) < 4.78 is 5.61. The fourth-order valence-electron chi connectivity index (χ4n) is 2.70. The van der Waals surface area contributed by atoms with Gasteiger partial charge in [0.2, 0.25) is 0 Å². The normalized spacial score (nSPS) is 14.3. The van der Waals surface area contributed by atoms with Gasteiger partial charge in [-0.05, 0) is 25.0 Å². The largest absolute Gasteiger partial charge is 0.384 e. The highest BCUT2D eigenvalue weighted by atomic mass is 35.5. The van der Waals surface area contributed by atoms with E-state index in [-0.39, 0.29) is 0 Å². The second-order valence-electron chi connectivity index (χ2n) is 5.23. The van der Waals surface area contributed by atoms with E-state index in [9.17, 15) is 0 Å². The summed E-state index contributed by atoms with van der Waals surface area (Å²) in [5, 5.41) is 5.32. The lowest BCUT2D eigenvalue weighted by molar-refractivity contribution is 0.110. The number of aromatic nitrogens is 1. The number of fused-ring (bicyclic) bond motifs is 2. The first-order valence-electron chi connectivity index (χ1n) is 7.14. The molecule has 0 unspecified atom stereocenters. The summed E-state index contributed by atoms with van der Waals surface area (Å²) >= 11 is 6.43. The molecule has 20 heavy (non-hydrogen) atoms. The van der Waals surface area contributed by atoms with Crippen molar-refractivity contribution in [2.24, 2.45) is 0 Å². The zero-order valence-corrected chi connectivity index (χ0v) is 12.7. The molecule has 2 heterocycles. The monoisotopic (exact) mass is 290 g/mol. The van der Waals surface area contributed by atoms with E-state index in [1.807, 2.05) is 12.1 Å². The third-order valence-corrected chi connectivity index (χ3v) is 4.07. The topological polar surface area (TPSA) is 34.2 Å². The Bertz CT molecular complexity index is 655. The van der Waals surface area contributed by atoms with Gasteiger partial charge in [0.15, 0.2) is 0 Å². The highest BCUT2D eigenvalue weighted by Crippen LogP contribution is 2.37. The minimum Gasteiger partial charge on any atom is -0.384 e. The molecule has 1 aliphatic heterocycles. The van der Waals surface area contributed by atoms with Crippen molar-refractivity contribution in [3.05, 3.63) is 34.0 Å². The van der Waals surface area contributed by atoms with Crippen LogP contribution in [-0.4, -0.2) is 18.1 Å². The van der Waals surface area contributed by atoms with Crippen molar-refractivity contribution < 1.29 is 4.74 Å². The van der Waals surface area contributed by atoms with E-state index in [0.29, 0.717) is 6.61 Å². The first-order chi connectivity index (χ1) is 9.72. The Kier molecular flexibility index (Phi) is 3.81. The molecule has 1 N–H and O–H groups in total. The molecule has 106 valence electrons. The molecule has 0 amide bonds. The zero-order chi connectivity index (χ0) is 14.1. The molecule has 4 heteroatoms. The van der Waals surface area contributed by atoms with Crippen LogP contribution in [0.5, 0.6) is 0 Å². The third-order valence-electron chi connectivity index (χ3n) is 3.76. The Morgan fingerprint density at radius 3 is 3.05 bits per heavy atom. The molecule has 1 aliphatic rings. The van der Waals surface area contributed by atoms with Gasteiger partial charge in [-0.2, -0.15) is 0 Å². The summed E-state index contributed by atoms with van der Waals surface area (Å²) in [7, 11) is 0. The Morgan fingerprint density at radius 1 is 1.40 bits per heavy atom. The number of nitrogens with one attached hydrogen (secondary N) is 1. The molecular formula is C16H19ClN2O. The molecule has 0 bridgehead atoms. The van der Waals surface area contributed by atoms with Crippen LogP contribution in [0.25, 0.3) is 10.9 Å². The molecule has 0 saturated heterocycles. The van der Waals surface area contributed by atoms with Gasteiger partial charge in [0.05, 0.1) is 35.1 Å². The van der Waals surface area contributed by atoms with E-state index in [2.05, 4.69) is 19.2 Å². The number of hydrogen-bond acceptors (Lipinski definition) is 3. The number of rotatable bonds is 3. The summed E-state index contributed by atoms with van der Waals surface area (Å²) in [5.74, 6) is 0. The van der Waals surface area contributed by atoms with Gasteiger partial charge in [-0.15, -0.1) is 0 Å². The molecule has 3 nitrogen and oxygen atoms in total. The van der Waals surface area contributed by atoms with Gasteiger partial charge in [0.1, 0.15) is 0 Å². The zero-order valence-electron chi connectivity index (χ0n) is 11.9. The molecule has 0 atom stereocenters. The van der Waals surface area contributed by atoms with Crippen LogP contribution in [0.3, 0.4) is 0 Å². The molecule has 2 aromatic rings. The highest BCUT2D eigenvalue weighted by molar-refractivity contribution is 6.36. The summed E-state index contributed by atoms with van der Waals surface area (Å²) in [6.07, 6.45) is 1.95. The van der Waals surface area contributed by atoms with Gasteiger partial charge in [0.25, 0.3) is 0 Å². The van der Waals surface area contributed by atoms with Crippen molar-refractivity contribution >= 4 is 28.2 Å². The summed E-state index contributed by atoms with van der Waals surface area (Å²) in [4.78, 5) is 4.84. The third kappa shape index (κ3) is 2.25. The number of benzene rings is 1. The second kappa shape index (κ2) is 5.58. The van der Waals surface area contributed by atoms with Crippen molar-refractivity contribution in [3.8, 4) is 0 Å².